The smallest absolute Gasteiger partial charge is 0.337 e. The van der Waals surface area contributed by atoms with E-state index < -0.39 is 4.92 Å². The molecule has 0 radical (unpaired) electrons. The van der Waals surface area contributed by atoms with E-state index in [9.17, 15) is 10.1 Å². The summed E-state index contributed by atoms with van der Waals surface area (Å²) < 4.78 is 10.5. The molecule has 0 saturated heterocycles. The van der Waals surface area contributed by atoms with Crippen LogP contribution in [0.2, 0.25) is 0 Å². The molecule has 6 heteroatoms. The van der Waals surface area contributed by atoms with Crippen LogP contribution in [0.15, 0.2) is 6.07 Å². The number of nitrogens with zero attached hydrogens (tertiary/aromatic N) is 1. The molecule has 1 aromatic carbocycles. The van der Waals surface area contributed by atoms with Crippen LogP contribution in [-0.2, 0) is 0 Å². The highest BCUT2D eigenvalue weighted by Crippen LogP contribution is 2.58. The molecule has 0 atom stereocenters. The molecule has 0 amide bonds. The molecule has 0 unspecified atom stereocenters. The fourth-order valence-electron chi connectivity index (χ4n) is 1.51. The average molecular weight is 224 g/mol. The zero-order chi connectivity index (χ0) is 11.7. The van der Waals surface area contributed by atoms with Crippen molar-refractivity contribution < 1.29 is 14.4 Å². The number of nitro benzene ring substituents is 1. The number of anilines is 1. The van der Waals surface area contributed by atoms with Crippen LogP contribution in [0, 0.1) is 10.1 Å². The summed E-state index contributed by atoms with van der Waals surface area (Å²) in [5.74, 6) is 1.44. The SMILES string of the molecule is CCCOc1cc2c(c(NC)c1[N+](=O)[O-])O2. The number of rotatable bonds is 5. The van der Waals surface area contributed by atoms with Crippen molar-refractivity contribution in [2.45, 2.75) is 13.3 Å². The van der Waals surface area contributed by atoms with Gasteiger partial charge in [0.05, 0.1) is 11.5 Å². The summed E-state index contributed by atoms with van der Waals surface area (Å²) >= 11 is 0. The number of nitrogens with one attached hydrogen (secondary N) is 1. The van der Waals surface area contributed by atoms with Crippen LogP contribution in [-0.4, -0.2) is 18.6 Å². The van der Waals surface area contributed by atoms with Gasteiger partial charge in [-0.3, -0.25) is 10.1 Å². The molecule has 0 fully saturated rings. The Bertz CT molecular complexity index is 445. The maximum absolute atomic E-state index is 11.0. The van der Waals surface area contributed by atoms with Crippen molar-refractivity contribution in [2.75, 3.05) is 19.0 Å². The minimum Gasteiger partial charge on any atom is -0.487 e. The summed E-state index contributed by atoms with van der Waals surface area (Å²) in [7, 11) is 1.62. The summed E-state index contributed by atoms with van der Waals surface area (Å²) in [4.78, 5) is 10.5. The minimum absolute atomic E-state index is 0.0628. The molecule has 1 heterocycles. The highest BCUT2D eigenvalue weighted by molar-refractivity contribution is 5.84. The molecule has 0 spiro atoms. The number of hydrogen-bond acceptors (Lipinski definition) is 5. The normalized spacial score (nSPS) is 11.4. The molecule has 1 aromatic rings. The van der Waals surface area contributed by atoms with Gasteiger partial charge in [-0.2, -0.15) is 0 Å². The minimum atomic E-state index is -0.460. The molecular formula is C10H12N2O4. The predicted octanol–water partition coefficient (Wildman–Crippen LogP) is 2.53. The molecule has 6 nitrogen and oxygen atoms in total. The van der Waals surface area contributed by atoms with Crippen LogP contribution in [0.3, 0.4) is 0 Å². The van der Waals surface area contributed by atoms with Crippen molar-refractivity contribution in [3.8, 4) is 17.2 Å². The van der Waals surface area contributed by atoms with Crippen molar-refractivity contribution in [3.05, 3.63) is 16.2 Å². The van der Waals surface area contributed by atoms with Crippen LogP contribution in [0.5, 0.6) is 17.2 Å². The van der Waals surface area contributed by atoms with E-state index in [1.54, 1.807) is 13.1 Å². The van der Waals surface area contributed by atoms with Crippen molar-refractivity contribution in [3.63, 3.8) is 0 Å². The predicted molar refractivity (Wildman–Crippen MR) is 58.5 cm³/mol. The summed E-state index contributed by atoms with van der Waals surface area (Å²) in [6.07, 6.45) is 0.796. The summed E-state index contributed by atoms with van der Waals surface area (Å²) in [6, 6.07) is 1.56. The van der Waals surface area contributed by atoms with E-state index in [4.69, 9.17) is 9.47 Å². The number of benzene rings is 1. The van der Waals surface area contributed by atoms with Gasteiger partial charge in [0.15, 0.2) is 11.4 Å². The van der Waals surface area contributed by atoms with Gasteiger partial charge in [0.25, 0.3) is 0 Å². The third-order valence-corrected chi connectivity index (χ3v) is 2.25. The van der Waals surface area contributed by atoms with Gasteiger partial charge in [0.1, 0.15) is 0 Å². The van der Waals surface area contributed by atoms with Crippen LogP contribution < -0.4 is 14.8 Å². The van der Waals surface area contributed by atoms with Crippen molar-refractivity contribution in [1.29, 1.82) is 0 Å². The maximum atomic E-state index is 11.0. The number of ether oxygens (including phenoxy) is 2. The molecule has 1 aliphatic rings. The second kappa shape index (κ2) is 3.88. The third-order valence-electron chi connectivity index (χ3n) is 2.25. The van der Waals surface area contributed by atoms with Gasteiger partial charge in [-0.05, 0) is 6.42 Å². The van der Waals surface area contributed by atoms with E-state index in [0.29, 0.717) is 23.8 Å². The molecule has 1 N–H and O–H groups in total. The van der Waals surface area contributed by atoms with Gasteiger partial charge >= 0.3 is 5.69 Å². The topological polar surface area (TPSA) is 76.9 Å². The largest absolute Gasteiger partial charge is 0.487 e. The second-order valence-corrected chi connectivity index (χ2v) is 3.38. The highest BCUT2D eigenvalue weighted by atomic mass is 16.6. The van der Waals surface area contributed by atoms with Crippen LogP contribution in [0.4, 0.5) is 11.4 Å². The molecule has 0 bridgehead atoms. The lowest BCUT2D eigenvalue weighted by Crippen LogP contribution is -2.01. The van der Waals surface area contributed by atoms with Gasteiger partial charge < -0.3 is 14.8 Å². The summed E-state index contributed by atoms with van der Waals surface area (Å²) in [6.45, 7) is 2.39. The van der Waals surface area contributed by atoms with E-state index in [1.165, 1.54) is 0 Å². The summed E-state index contributed by atoms with van der Waals surface area (Å²) in [5.41, 5.74) is 0.320. The molecule has 0 saturated carbocycles. The van der Waals surface area contributed by atoms with Crippen LogP contribution in [0.25, 0.3) is 0 Å². The van der Waals surface area contributed by atoms with Crippen LogP contribution in [0.1, 0.15) is 13.3 Å². The van der Waals surface area contributed by atoms with Gasteiger partial charge in [-0.15, -0.1) is 0 Å². The molecule has 86 valence electrons. The van der Waals surface area contributed by atoms with E-state index in [2.05, 4.69) is 5.32 Å². The zero-order valence-corrected chi connectivity index (χ0v) is 9.07. The third kappa shape index (κ3) is 1.62. The fraction of sp³-hybridized carbons (Fsp3) is 0.400. The van der Waals surface area contributed by atoms with E-state index in [0.717, 1.165) is 6.42 Å². The first-order chi connectivity index (χ1) is 7.69. The maximum Gasteiger partial charge on any atom is 0.337 e. The van der Waals surface area contributed by atoms with Crippen molar-refractivity contribution in [1.82, 2.24) is 0 Å². The van der Waals surface area contributed by atoms with Gasteiger partial charge in [-0.25, -0.2) is 0 Å². The first-order valence-corrected chi connectivity index (χ1v) is 5.02. The molecule has 16 heavy (non-hydrogen) atoms. The Morgan fingerprint density at radius 3 is 2.94 bits per heavy atom. The van der Waals surface area contributed by atoms with Gasteiger partial charge in [0.2, 0.25) is 11.5 Å². The van der Waals surface area contributed by atoms with E-state index >= 15 is 0 Å². The molecule has 0 aliphatic carbocycles. The Morgan fingerprint density at radius 1 is 1.62 bits per heavy atom. The van der Waals surface area contributed by atoms with E-state index in [-0.39, 0.29) is 11.4 Å². The quantitative estimate of drug-likeness (QED) is 0.479. The first-order valence-electron chi connectivity index (χ1n) is 5.02. The standard InChI is InChI=1S/C10H12N2O4/c1-3-4-15-6-5-7-10(16-7)8(11-2)9(6)12(13)14/h5,11H,3-4H2,1-2H3. The lowest BCUT2D eigenvalue weighted by atomic mass is 10.2. The molecule has 1 aliphatic heterocycles. The van der Waals surface area contributed by atoms with Crippen molar-refractivity contribution in [2.24, 2.45) is 0 Å². The molecule has 2 rings (SSSR count). The number of fused-ring (bicyclic) bond motifs is 1. The zero-order valence-electron chi connectivity index (χ0n) is 9.07. The molecular weight excluding hydrogens is 212 g/mol. The van der Waals surface area contributed by atoms with Gasteiger partial charge in [-0.1, -0.05) is 6.92 Å². The lowest BCUT2D eigenvalue weighted by molar-refractivity contribution is -0.384. The van der Waals surface area contributed by atoms with E-state index in [1.807, 2.05) is 6.92 Å². The van der Waals surface area contributed by atoms with Gasteiger partial charge in [0, 0.05) is 13.1 Å². The van der Waals surface area contributed by atoms with Crippen molar-refractivity contribution >= 4 is 11.4 Å². The Balaban J connectivity index is 2.43. The summed E-state index contributed by atoms with van der Waals surface area (Å²) in [5, 5.41) is 13.7. The second-order valence-electron chi connectivity index (χ2n) is 3.38. The number of hydrogen-bond donors (Lipinski definition) is 1. The Hall–Kier alpha value is -1.98. The Labute approximate surface area is 92.3 Å². The monoisotopic (exact) mass is 224 g/mol. The average Bonchev–Trinajstić information content (AvgIpc) is 3.02. The first kappa shape index (κ1) is 10.5. The Morgan fingerprint density at radius 2 is 2.38 bits per heavy atom. The molecule has 0 aromatic heterocycles. The Kier molecular flexibility index (Phi) is 2.55. The number of nitro groups is 1. The van der Waals surface area contributed by atoms with Crippen LogP contribution >= 0.6 is 0 Å². The lowest BCUT2D eigenvalue weighted by Gasteiger charge is -2.06. The highest BCUT2D eigenvalue weighted by Gasteiger charge is 2.36. The fourth-order valence-corrected chi connectivity index (χ4v) is 1.51.